The number of nitrogens with zero attached hydrogens (tertiary/aromatic N) is 3. The maximum absolute atomic E-state index is 12.2. The van der Waals surface area contributed by atoms with E-state index in [1.807, 2.05) is 19.0 Å². The highest BCUT2D eigenvalue weighted by molar-refractivity contribution is 9.10. The fourth-order valence-electron chi connectivity index (χ4n) is 1.97. The van der Waals surface area contributed by atoms with Gasteiger partial charge in [0.2, 0.25) is 0 Å². The van der Waals surface area contributed by atoms with Crippen LogP contribution in [0.15, 0.2) is 15.5 Å². The van der Waals surface area contributed by atoms with Crippen LogP contribution in [-0.4, -0.2) is 41.4 Å². The lowest BCUT2D eigenvalue weighted by atomic mass is 10.1. The van der Waals surface area contributed by atoms with Crippen LogP contribution in [0.4, 0.5) is 5.69 Å². The highest BCUT2D eigenvalue weighted by Crippen LogP contribution is 2.19. The fraction of sp³-hybridized carbons (Fsp3) is 0.714. The summed E-state index contributed by atoms with van der Waals surface area (Å²) in [6, 6.07) is 0.384. The summed E-state index contributed by atoms with van der Waals surface area (Å²) in [5.41, 5.74) is 0.708. The standard InChI is InChI=1S/C14H25BrN4O/c1-5-7-11(6-2)17-12-10-16-19(9-8-18(3)4)14(20)13(12)15/h10-11,17H,5-9H2,1-4H3. The number of likely N-dealkylation sites (N-methyl/N-ethyl adjacent to an activating group) is 1. The summed E-state index contributed by atoms with van der Waals surface area (Å²) in [5.74, 6) is 0. The zero-order valence-electron chi connectivity index (χ0n) is 12.8. The quantitative estimate of drug-likeness (QED) is 0.787. The van der Waals surface area contributed by atoms with Crippen LogP contribution in [0.2, 0.25) is 0 Å². The third kappa shape index (κ3) is 4.90. The van der Waals surface area contributed by atoms with Crippen LogP contribution >= 0.6 is 15.9 Å². The molecule has 1 unspecified atom stereocenters. The van der Waals surface area contributed by atoms with Crippen molar-refractivity contribution in [3.8, 4) is 0 Å². The van der Waals surface area contributed by atoms with Gasteiger partial charge >= 0.3 is 0 Å². The summed E-state index contributed by atoms with van der Waals surface area (Å²) in [6.07, 6.45) is 4.98. The van der Waals surface area contributed by atoms with Gasteiger partial charge in [-0.05, 0) is 42.9 Å². The molecular formula is C14H25BrN4O. The SMILES string of the molecule is CCCC(CC)Nc1cnn(CCN(C)C)c(=O)c1Br. The molecule has 0 aliphatic rings. The zero-order valence-corrected chi connectivity index (χ0v) is 14.4. The molecule has 0 radical (unpaired) electrons. The third-order valence-electron chi connectivity index (χ3n) is 3.23. The number of hydrogen-bond donors (Lipinski definition) is 1. The van der Waals surface area contributed by atoms with E-state index < -0.39 is 0 Å². The highest BCUT2D eigenvalue weighted by atomic mass is 79.9. The molecule has 0 aliphatic carbocycles. The third-order valence-corrected chi connectivity index (χ3v) is 4.00. The van der Waals surface area contributed by atoms with E-state index in [9.17, 15) is 4.79 Å². The minimum atomic E-state index is -0.0804. The first-order valence-electron chi connectivity index (χ1n) is 7.16. The molecule has 0 bridgehead atoms. The molecule has 0 aromatic carbocycles. The first-order chi connectivity index (χ1) is 9.49. The van der Waals surface area contributed by atoms with Crippen molar-refractivity contribution in [2.75, 3.05) is 26.0 Å². The molecule has 0 saturated carbocycles. The van der Waals surface area contributed by atoms with Gasteiger partial charge in [-0.3, -0.25) is 4.79 Å². The summed E-state index contributed by atoms with van der Waals surface area (Å²) in [6.45, 7) is 5.69. The van der Waals surface area contributed by atoms with E-state index in [1.165, 1.54) is 4.68 Å². The van der Waals surface area contributed by atoms with Gasteiger partial charge in [0.1, 0.15) is 4.47 Å². The lowest BCUT2D eigenvalue weighted by molar-refractivity contribution is 0.367. The zero-order chi connectivity index (χ0) is 15.1. The Morgan fingerprint density at radius 3 is 2.70 bits per heavy atom. The number of rotatable bonds is 8. The lowest BCUT2D eigenvalue weighted by Gasteiger charge is -2.18. The Hall–Kier alpha value is -0.880. The lowest BCUT2D eigenvalue weighted by Crippen LogP contribution is -2.30. The molecule has 1 aromatic rings. The second-order valence-corrected chi connectivity index (χ2v) is 6.03. The Bertz CT molecular complexity index is 473. The van der Waals surface area contributed by atoms with Crippen molar-refractivity contribution in [3.63, 3.8) is 0 Å². The van der Waals surface area contributed by atoms with Crippen molar-refractivity contribution >= 4 is 21.6 Å². The monoisotopic (exact) mass is 344 g/mol. The molecule has 0 spiro atoms. The van der Waals surface area contributed by atoms with Gasteiger partial charge in [0.25, 0.3) is 5.56 Å². The summed E-state index contributed by atoms with van der Waals surface area (Å²) in [5, 5.41) is 7.64. The molecule has 1 aromatic heterocycles. The van der Waals surface area contributed by atoms with Crippen LogP contribution in [0.25, 0.3) is 0 Å². The molecule has 5 nitrogen and oxygen atoms in total. The Labute approximate surface area is 129 Å². The van der Waals surface area contributed by atoms with Gasteiger partial charge in [-0.25, -0.2) is 4.68 Å². The van der Waals surface area contributed by atoms with Gasteiger partial charge in [-0.1, -0.05) is 20.3 Å². The normalized spacial score (nSPS) is 12.7. The maximum Gasteiger partial charge on any atom is 0.283 e. The minimum absolute atomic E-state index is 0.0804. The van der Waals surface area contributed by atoms with Gasteiger partial charge < -0.3 is 10.2 Å². The van der Waals surface area contributed by atoms with Crippen LogP contribution in [0, 0.1) is 0 Å². The van der Waals surface area contributed by atoms with E-state index in [2.05, 4.69) is 40.2 Å². The first-order valence-corrected chi connectivity index (χ1v) is 7.95. The summed E-state index contributed by atoms with van der Waals surface area (Å²) >= 11 is 3.40. The Morgan fingerprint density at radius 2 is 2.15 bits per heavy atom. The number of anilines is 1. The van der Waals surface area contributed by atoms with E-state index in [0.29, 0.717) is 17.1 Å². The van der Waals surface area contributed by atoms with E-state index in [4.69, 9.17) is 0 Å². The predicted octanol–water partition coefficient (Wildman–Crippen LogP) is 2.56. The molecule has 20 heavy (non-hydrogen) atoms. The molecule has 0 aliphatic heterocycles. The number of aromatic nitrogens is 2. The van der Waals surface area contributed by atoms with Crippen molar-refractivity contribution in [3.05, 3.63) is 21.0 Å². The number of nitrogens with one attached hydrogen (secondary N) is 1. The Morgan fingerprint density at radius 1 is 1.45 bits per heavy atom. The van der Waals surface area contributed by atoms with Crippen LogP contribution in [0.3, 0.4) is 0 Å². The molecule has 0 fully saturated rings. The maximum atomic E-state index is 12.2. The van der Waals surface area contributed by atoms with Gasteiger partial charge in [-0.15, -0.1) is 0 Å². The Balaban J connectivity index is 2.85. The smallest absolute Gasteiger partial charge is 0.283 e. The predicted molar refractivity (Wildman–Crippen MR) is 87.4 cm³/mol. The van der Waals surface area contributed by atoms with E-state index in [1.54, 1.807) is 6.20 Å². The molecule has 0 amide bonds. The molecule has 1 atom stereocenters. The largest absolute Gasteiger partial charge is 0.380 e. The van der Waals surface area contributed by atoms with E-state index in [0.717, 1.165) is 31.5 Å². The summed E-state index contributed by atoms with van der Waals surface area (Å²) in [4.78, 5) is 14.3. The van der Waals surface area contributed by atoms with Crippen LogP contribution in [0.1, 0.15) is 33.1 Å². The van der Waals surface area contributed by atoms with Gasteiger partial charge in [-0.2, -0.15) is 5.10 Å². The average Bonchev–Trinajstić information content (AvgIpc) is 2.42. The van der Waals surface area contributed by atoms with E-state index in [-0.39, 0.29) is 5.56 Å². The van der Waals surface area contributed by atoms with Crippen LogP contribution < -0.4 is 10.9 Å². The van der Waals surface area contributed by atoms with Crippen molar-refractivity contribution in [1.82, 2.24) is 14.7 Å². The molecule has 114 valence electrons. The number of halogens is 1. The highest BCUT2D eigenvalue weighted by Gasteiger charge is 2.12. The molecule has 1 N–H and O–H groups in total. The van der Waals surface area contributed by atoms with Crippen LogP contribution in [-0.2, 0) is 6.54 Å². The Kier molecular flexibility index (Phi) is 7.23. The van der Waals surface area contributed by atoms with Crippen molar-refractivity contribution in [1.29, 1.82) is 0 Å². The van der Waals surface area contributed by atoms with Gasteiger partial charge in [0, 0.05) is 12.6 Å². The second-order valence-electron chi connectivity index (χ2n) is 5.24. The average molecular weight is 345 g/mol. The second kappa shape index (κ2) is 8.42. The topological polar surface area (TPSA) is 50.2 Å². The molecule has 6 heteroatoms. The molecule has 1 heterocycles. The van der Waals surface area contributed by atoms with Gasteiger partial charge in [0.05, 0.1) is 18.4 Å². The molecule has 0 saturated heterocycles. The van der Waals surface area contributed by atoms with Gasteiger partial charge in [0.15, 0.2) is 0 Å². The number of hydrogen-bond acceptors (Lipinski definition) is 4. The minimum Gasteiger partial charge on any atom is -0.380 e. The first kappa shape index (κ1) is 17.2. The molecule has 1 rings (SSSR count). The summed E-state index contributed by atoms with van der Waals surface area (Å²) < 4.78 is 2.07. The summed E-state index contributed by atoms with van der Waals surface area (Å²) in [7, 11) is 3.96. The molecular weight excluding hydrogens is 320 g/mol. The van der Waals surface area contributed by atoms with Crippen molar-refractivity contribution < 1.29 is 0 Å². The van der Waals surface area contributed by atoms with Crippen LogP contribution in [0.5, 0.6) is 0 Å². The van der Waals surface area contributed by atoms with E-state index >= 15 is 0 Å². The van der Waals surface area contributed by atoms with Crippen molar-refractivity contribution in [2.45, 2.75) is 45.7 Å². The van der Waals surface area contributed by atoms with Crippen molar-refractivity contribution in [2.24, 2.45) is 0 Å². The fourth-order valence-corrected chi connectivity index (χ4v) is 2.39.